The summed E-state index contributed by atoms with van der Waals surface area (Å²) >= 11 is 0. The number of rotatable bonds is 5. The lowest BCUT2D eigenvalue weighted by molar-refractivity contribution is 0.572. The van der Waals surface area contributed by atoms with Gasteiger partial charge in [-0.15, -0.1) is 0 Å². The van der Waals surface area contributed by atoms with Crippen LogP contribution in [0.1, 0.15) is 32.0 Å². The molecule has 0 spiro atoms. The molecule has 0 amide bonds. The van der Waals surface area contributed by atoms with E-state index in [1.807, 2.05) is 20.2 Å². The predicted octanol–water partition coefficient (Wildman–Crippen LogP) is 0.810. The molecule has 0 saturated heterocycles. The van der Waals surface area contributed by atoms with E-state index in [2.05, 4.69) is 9.82 Å². The van der Waals surface area contributed by atoms with Crippen molar-refractivity contribution in [3.05, 3.63) is 17.5 Å². The Hall–Kier alpha value is -0.880. The van der Waals surface area contributed by atoms with Gasteiger partial charge in [-0.3, -0.25) is 4.68 Å². The molecule has 1 rings (SSSR count). The predicted molar refractivity (Wildman–Crippen MR) is 63.5 cm³/mol. The fourth-order valence-corrected chi connectivity index (χ4v) is 2.06. The van der Waals surface area contributed by atoms with E-state index in [-0.39, 0.29) is 0 Å². The lowest BCUT2D eigenvalue weighted by Gasteiger charge is -2.08. The molecule has 0 saturated carbocycles. The molecule has 5 nitrogen and oxygen atoms in total. The fraction of sp³-hybridized carbons (Fsp3) is 0.700. The van der Waals surface area contributed by atoms with Crippen LogP contribution >= 0.6 is 0 Å². The van der Waals surface area contributed by atoms with Gasteiger partial charge >= 0.3 is 0 Å². The Kier molecular flexibility index (Phi) is 4.09. The molecule has 16 heavy (non-hydrogen) atoms. The van der Waals surface area contributed by atoms with Gasteiger partial charge in [-0.25, -0.2) is 13.1 Å². The zero-order valence-corrected chi connectivity index (χ0v) is 11.0. The van der Waals surface area contributed by atoms with Crippen LogP contribution in [0.15, 0.2) is 6.20 Å². The first-order chi connectivity index (χ1) is 7.36. The fourth-order valence-electron chi connectivity index (χ4n) is 1.37. The monoisotopic (exact) mass is 245 g/mol. The first-order valence-corrected chi connectivity index (χ1v) is 6.91. The molecule has 0 aliphatic carbocycles. The number of hydrogen-bond donors (Lipinski definition) is 1. The number of sulfonamides is 1. The van der Waals surface area contributed by atoms with Gasteiger partial charge in [0.25, 0.3) is 0 Å². The lowest BCUT2D eigenvalue weighted by atomic mass is 10.2. The highest BCUT2D eigenvalue weighted by Gasteiger charge is 2.16. The Morgan fingerprint density at radius 3 is 2.62 bits per heavy atom. The molecule has 1 N–H and O–H groups in total. The van der Waals surface area contributed by atoms with Crippen molar-refractivity contribution in [1.29, 1.82) is 0 Å². The van der Waals surface area contributed by atoms with Crippen LogP contribution in [0.25, 0.3) is 0 Å². The summed E-state index contributed by atoms with van der Waals surface area (Å²) in [7, 11) is -1.37. The summed E-state index contributed by atoms with van der Waals surface area (Å²) in [6, 6.07) is 0. The van der Waals surface area contributed by atoms with Crippen LogP contribution in [0, 0.1) is 0 Å². The van der Waals surface area contributed by atoms with Crippen molar-refractivity contribution in [3.8, 4) is 0 Å². The highest BCUT2D eigenvalue weighted by Crippen LogP contribution is 2.08. The zero-order chi connectivity index (χ0) is 12.3. The van der Waals surface area contributed by atoms with E-state index in [0.717, 1.165) is 17.7 Å². The molecule has 0 aliphatic heterocycles. The smallest absolute Gasteiger partial charge is 0.214 e. The van der Waals surface area contributed by atoms with E-state index < -0.39 is 15.3 Å². The maximum atomic E-state index is 11.6. The molecule has 0 aliphatic rings. The summed E-state index contributed by atoms with van der Waals surface area (Å²) in [5.74, 6) is 0. The minimum atomic E-state index is -3.20. The maximum Gasteiger partial charge on any atom is 0.214 e. The summed E-state index contributed by atoms with van der Waals surface area (Å²) in [4.78, 5) is 0. The largest absolute Gasteiger partial charge is 0.275 e. The molecule has 92 valence electrons. The van der Waals surface area contributed by atoms with Crippen LogP contribution in [0.4, 0.5) is 0 Å². The molecule has 1 aromatic rings. The van der Waals surface area contributed by atoms with Crippen molar-refractivity contribution in [2.24, 2.45) is 7.05 Å². The second-order valence-corrected chi connectivity index (χ2v) is 6.36. The van der Waals surface area contributed by atoms with Gasteiger partial charge in [-0.2, -0.15) is 5.10 Å². The van der Waals surface area contributed by atoms with Gasteiger partial charge in [0.05, 0.1) is 10.9 Å². The van der Waals surface area contributed by atoms with Crippen molar-refractivity contribution in [3.63, 3.8) is 0 Å². The number of hydrogen-bond acceptors (Lipinski definition) is 3. The Bertz CT molecular complexity index is 449. The van der Waals surface area contributed by atoms with Gasteiger partial charge in [0.1, 0.15) is 0 Å². The van der Waals surface area contributed by atoms with Crippen molar-refractivity contribution in [2.75, 3.05) is 0 Å². The average Bonchev–Trinajstić information content (AvgIpc) is 2.56. The van der Waals surface area contributed by atoms with Crippen molar-refractivity contribution >= 4 is 10.0 Å². The van der Waals surface area contributed by atoms with E-state index in [1.54, 1.807) is 18.5 Å². The van der Waals surface area contributed by atoms with Crippen LogP contribution < -0.4 is 4.72 Å². The summed E-state index contributed by atoms with van der Waals surface area (Å²) in [6.07, 6.45) is 2.65. The third kappa shape index (κ3) is 3.05. The van der Waals surface area contributed by atoms with Crippen LogP contribution in [0.2, 0.25) is 0 Å². The summed E-state index contributed by atoms with van der Waals surface area (Å²) in [5.41, 5.74) is 1.88. The van der Waals surface area contributed by atoms with E-state index in [1.165, 1.54) is 0 Å². The molecule has 1 aromatic heterocycles. The Labute approximate surface area is 96.9 Å². The number of nitrogens with zero attached hydrogens (tertiary/aromatic N) is 2. The van der Waals surface area contributed by atoms with Crippen molar-refractivity contribution in [2.45, 2.75) is 39.0 Å². The van der Waals surface area contributed by atoms with Gasteiger partial charge in [-0.1, -0.05) is 6.92 Å². The molecule has 6 heteroatoms. The Morgan fingerprint density at radius 2 is 2.12 bits per heavy atom. The third-order valence-corrected chi connectivity index (χ3v) is 4.20. The molecule has 0 radical (unpaired) electrons. The molecule has 0 unspecified atom stereocenters. The van der Waals surface area contributed by atoms with Gasteiger partial charge in [0.2, 0.25) is 10.0 Å². The van der Waals surface area contributed by atoms with Crippen LogP contribution in [0.3, 0.4) is 0 Å². The Morgan fingerprint density at radius 1 is 1.50 bits per heavy atom. The molecule has 0 aromatic carbocycles. The molecule has 0 bridgehead atoms. The molecule has 0 atom stereocenters. The first kappa shape index (κ1) is 13.2. The van der Waals surface area contributed by atoms with Crippen molar-refractivity contribution in [1.82, 2.24) is 14.5 Å². The molecule has 0 fully saturated rings. The molecule has 1 heterocycles. The second kappa shape index (κ2) is 4.97. The van der Waals surface area contributed by atoms with E-state index in [9.17, 15) is 8.42 Å². The Balaban J connectivity index is 2.75. The maximum absolute atomic E-state index is 11.6. The van der Waals surface area contributed by atoms with Gasteiger partial charge in [0, 0.05) is 25.4 Å². The molecular formula is C10H19N3O2S. The van der Waals surface area contributed by atoms with E-state index in [0.29, 0.717) is 6.54 Å². The van der Waals surface area contributed by atoms with Gasteiger partial charge in [-0.05, 0) is 20.3 Å². The minimum absolute atomic E-state index is 0.317. The minimum Gasteiger partial charge on any atom is -0.275 e. The summed E-state index contributed by atoms with van der Waals surface area (Å²) < 4.78 is 27.4. The normalized spacial score (nSPS) is 12.3. The summed E-state index contributed by atoms with van der Waals surface area (Å²) in [5, 5.41) is 3.85. The van der Waals surface area contributed by atoms with Crippen LogP contribution in [-0.2, 0) is 30.0 Å². The first-order valence-electron chi connectivity index (χ1n) is 5.36. The zero-order valence-electron chi connectivity index (χ0n) is 10.2. The highest BCUT2D eigenvalue weighted by atomic mass is 32.2. The standard InChI is InChI=1S/C10H19N3O2S/c1-5-10-9(7-13(4)12-10)6-11-16(14,15)8(2)3/h7-8,11H,5-6H2,1-4H3. The van der Waals surface area contributed by atoms with Crippen molar-refractivity contribution < 1.29 is 8.42 Å². The molecular weight excluding hydrogens is 226 g/mol. The highest BCUT2D eigenvalue weighted by molar-refractivity contribution is 7.90. The summed E-state index contributed by atoms with van der Waals surface area (Å²) in [6.45, 7) is 5.64. The average molecular weight is 245 g/mol. The lowest BCUT2D eigenvalue weighted by Crippen LogP contribution is -2.30. The quantitative estimate of drug-likeness (QED) is 0.835. The number of aromatic nitrogens is 2. The number of aryl methyl sites for hydroxylation is 2. The van der Waals surface area contributed by atoms with E-state index in [4.69, 9.17) is 0 Å². The van der Waals surface area contributed by atoms with Crippen LogP contribution in [-0.4, -0.2) is 23.4 Å². The van der Waals surface area contributed by atoms with Gasteiger partial charge in [0.15, 0.2) is 0 Å². The third-order valence-electron chi connectivity index (χ3n) is 2.41. The van der Waals surface area contributed by atoms with E-state index >= 15 is 0 Å². The van der Waals surface area contributed by atoms with Crippen LogP contribution in [0.5, 0.6) is 0 Å². The second-order valence-electron chi connectivity index (χ2n) is 4.04. The van der Waals surface area contributed by atoms with Gasteiger partial charge < -0.3 is 0 Å². The number of nitrogens with one attached hydrogen (secondary N) is 1. The SMILES string of the molecule is CCc1nn(C)cc1CNS(=O)(=O)C(C)C. The topological polar surface area (TPSA) is 64.0 Å².